The highest BCUT2D eigenvalue weighted by Gasteiger charge is 2.37. The zero-order valence-corrected chi connectivity index (χ0v) is 15.2. The highest BCUT2D eigenvalue weighted by molar-refractivity contribution is 7.89. The Kier molecular flexibility index (Phi) is 4.96. The van der Waals surface area contributed by atoms with Crippen LogP contribution in [-0.2, 0) is 21.4 Å². The lowest BCUT2D eigenvalue weighted by Gasteiger charge is -2.34. The van der Waals surface area contributed by atoms with Gasteiger partial charge in [-0.3, -0.25) is 9.48 Å². The molecule has 0 spiro atoms. The lowest BCUT2D eigenvalue weighted by atomic mass is 9.84. The van der Waals surface area contributed by atoms with Gasteiger partial charge in [0.25, 0.3) is 0 Å². The summed E-state index contributed by atoms with van der Waals surface area (Å²) in [6.45, 7) is 6.97. The van der Waals surface area contributed by atoms with Crippen molar-refractivity contribution >= 4 is 15.9 Å². The first-order valence-electron chi connectivity index (χ1n) is 8.70. The van der Waals surface area contributed by atoms with Gasteiger partial charge in [0.1, 0.15) is 4.90 Å². The first-order valence-corrected chi connectivity index (χ1v) is 10.1. The molecule has 2 fully saturated rings. The zero-order valence-electron chi connectivity index (χ0n) is 14.4. The molecule has 0 aromatic carbocycles. The van der Waals surface area contributed by atoms with Crippen molar-refractivity contribution in [3.63, 3.8) is 0 Å². The molecule has 0 bridgehead atoms. The van der Waals surface area contributed by atoms with Gasteiger partial charge in [-0.1, -0.05) is 0 Å². The molecular formula is C16H26N4O3S. The van der Waals surface area contributed by atoms with Crippen molar-refractivity contribution in [1.82, 2.24) is 19.0 Å². The SMILES string of the molecule is CCn1cc(S(=O)(=O)N2CCC(C3CCN(C(C)=O)CC3)C2)cn1. The van der Waals surface area contributed by atoms with Gasteiger partial charge in [0.05, 0.1) is 6.20 Å². The summed E-state index contributed by atoms with van der Waals surface area (Å²) in [5, 5.41) is 4.08. The molecule has 2 saturated heterocycles. The van der Waals surface area contributed by atoms with Gasteiger partial charge in [0.15, 0.2) is 0 Å². The number of rotatable bonds is 4. The normalized spacial score (nSPS) is 23.8. The van der Waals surface area contributed by atoms with Gasteiger partial charge in [0, 0.05) is 45.8 Å². The van der Waals surface area contributed by atoms with Crippen LogP contribution in [0.25, 0.3) is 0 Å². The molecule has 2 aliphatic heterocycles. The minimum Gasteiger partial charge on any atom is -0.343 e. The van der Waals surface area contributed by atoms with Crippen molar-refractivity contribution in [1.29, 1.82) is 0 Å². The molecule has 24 heavy (non-hydrogen) atoms. The molecule has 134 valence electrons. The molecule has 1 aromatic rings. The second-order valence-electron chi connectivity index (χ2n) is 6.79. The predicted octanol–water partition coefficient (Wildman–Crippen LogP) is 1.17. The molecule has 0 N–H and O–H groups in total. The molecule has 3 rings (SSSR count). The molecule has 7 nitrogen and oxygen atoms in total. The average Bonchev–Trinajstić information content (AvgIpc) is 3.25. The highest BCUT2D eigenvalue weighted by Crippen LogP contribution is 2.34. The number of sulfonamides is 1. The minimum atomic E-state index is -3.44. The Hall–Kier alpha value is -1.41. The third-order valence-corrected chi connectivity index (χ3v) is 7.23. The minimum absolute atomic E-state index is 0.136. The zero-order chi connectivity index (χ0) is 17.3. The van der Waals surface area contributed by atoms with Crippen LogP contribution < -0.4 is 0 Å². The Balaban J connectivity index is 1.62. The smallest absolute Gasteiger partial charge is 0.246 e. The van der Waals surface area contributed by atoms with Gasteiger partial charge >= 0.3 is 0 Å². The summed E-state index contributed by atoms with van der Waals surface area (Å²) in [6.07, 6.45) is 5.91. The molecule has 8 heteroatoms. The Morgan fingerprint density at radius 2 is 1.88 bits per heavy atom. The fraction of sp³-hybridized carbons (Fsp3) is 0.750. The predicted molar refractivity (Wildman–Crippen MR) is 89.7 cm³/mol. The van der Waals surface area contributed by atoms with Gasteiger partial charge in [-0.15, -0.1) is 0 Å². The van der Waals surface area contributed by atoms with Crippen molar-refractivity contribution in [2.75, 3.05) is 26.2 Å². The topological polar surface area (TPSA) is 75.5 Å². The lowest BCUT2D eigenvalue weighted by Crippen LogP contribution is -2.39. The first kappa shape index (κ1) is 17.4. The van der Waals surface area contributed by atoms with Crippen LogP contribution in [0.1, 0.15) is 33.1 Å². The van der Waals surface area contributed by atoms with E-state index in [9.17, 15) is 13.2 Å². The summed E-state index contributed by atoms with van der Waals surface area (Å²) < 4.78 is 28.7. The number of hydrogen-bond donors (Lipinski definition) is 0. The standard InChI is InChI=1S/C16H26N4O3S/c1-3-19-12-16(10-17-19)24(22,23)20-9-6-15(11-20)14-4-7-18(8-5-14)13(2)21/h10,12,14-15H,3-9,11H2,1-2H3. The molecule has 1 unspecified atom stereocenters. The summed E-state index contributed by atoms with van der Waals surface area (Å²) in [5.41, 5.74) is 0. The molecule has 3 heterocycles. The quantitative estimate of drug-likeness (QED) is 0.813. The van der Waals surface area contributed by atoms with Gasteiger partial charge in [-0.05, 0) is 38.0 Å². The average molecular weight is 354 g/mol. The summed E-state index contributed by atoms with van der Waals surface area (Å²) in [5.74, 6) is 1.05. The lowest BCUT2D eigenvalue weighted by molar-refractivity contribution is -0.130. The third kappa shape index (κ3) is 3.35. The molecular weight excluding hydrogens is 328 g/mol. The van der Waals surface area contributed by atoms with Crippen molar-refractivity contribution in [3.05, 3.63) is 12.4 Å². The van der Waals surface area contributed by atoms with Crippen LogP contribution in [0, 0.1) is 11.8 Å². The van der Waals surface area contributed by atoms with E-state index in [4.69, 9.17) is 0 Å². The number of nitrogens with zero attached hydrogens (tertiary/aromatic N) is 4. The molecule has 1 aromatic heterocycles. The number of aryl methyl sites for hydroxylation is 1. The van der Waals surface area contributed by atoms with Crippen LogP contribution in [0.4, 0.5) is 0 Å². The summed E-state index contributed by atoms with van der Waals surface area (Å²) in [4.78, 5) is 13.6. The molecule has 1 atom stereocenters. The van der Waals surface area contributed by atoms with E-state index in [0.29, 0.717) is 31.5 Å². The summed E-state index contributed by atoms with van der Waals surface area (Å²) in [6, 6.07) is 0. The van der Waals surface area contributed by atoms with Gasteiger partial charge in [-0.25, -0.2) is 8.42 Å². The van der Waals surface area contributed by atoms with Crippen molar-refractivity contribution in [2.45, 2.75) is 44.6 Å². The van der Waals surface area contributed by atoms with Crippen LogP contribution in [0.15, 0.2) is 17.3 Å². The van der Waals surface area contributed by atoms with Crippen LogP contribution in [0.5, 0.6) is 0 Å². The van der Waals surface area contributed by atoms with Crippen LogP contribution in [0.3, 0.4) is 0 Å². The van der Waals surface area contributed by atoms with Crippen LogP contribution in [-0.4, -0.2) is 59.5 Å². The number of amides is 1. The number of hydrogen-bond acceptors (Lipinski definition) is 4. The van der Waals surface area contributed by atoms with Crippen LogP contribution in [0.2, 0.25) is 0 Å². The second kappa shape index (κ2) is 6.84. The Bertz CT molecular complexity index is 692. The van der Waals surface area contributed by atoms with Crippen molar-refractivity contribution in [2.24, 2.45) is 11.8 Å². The van der Waals surface area contributed by atoms with Crippen molar-refractivity contribution < 1.29 is 13.2 Å². The Morgan fingerprint density at radius 1 is 1.21 bits per heavy atom. The van der Waals surface area contributed by atoms with E-state index in [2.05, 4.69) is 5.10 Å². The maximum Gasteiger partial charge on any atom is 0.246 e. The third-order valence-electron chi connectivity index (χ3n) is 5.41. The van der Waals surface area contributed by atoms with E-state index >= 15 is 0 Å². The first-order chi connectivity index (χ1) is 11.4. The Morgan fingerprint density at radius 3 is 2.46 bits per heavy atom. The monoisotopic (exact) mass is 354 g/mol. The maximum atomic E-state index is 12.8. The van der Waals surface area contributed by atoms with Crippen molar-refractivity contribution in [3.8, 4) is 0 Å². The van der Waals surface area contributed by atoms with E-state index in [-0.39, 0.29) is 10.8 Å². The van der Waals surface area contributed by atoms with E-state index in [0.717, 1.165) is 32.4 Å². The second-order valence-corrected chi connectivity index (χ2v) is 8.72. The molecule has 2 aliphatic rings. The van der Waals surface area contributed by atoms with Crippen LogP contribution >= 0.6 is 0 Å². The maximum absolute atomic E-state index is 12.8. The number of piperidine rings is 1. The summed E-state index contributed by atoms with van der Waals surface area (Å²) >= 11 is 0. The number of carbonyl (C=O) groups is 1. The molecule has 0 aliphatic carbocycles. The fourth-order valence-corrected chi connectivity index (χ4v) is 5.31. The van der Waals surface area contributed by atoms with Gasteiger partial charge in [0.2, 0.25) is 15.9 Å². The largest absolute Gasteiger partial charge is 0.343 e. The van der Waals surface area contributed by atoms with E-state index in [1.165, 1.54) is 6.20 Å². The number of likely N-dealkylation sites (tertiary alicyclic amines) is 1. The molecule has 1 amide bonds. The van der Waals surface area contributed by atoms with Gasteiger partial charge in [-0.2, -0.15) is 9.40 Å². The Labute approximate surface area is 143 Å². The van der Waals surface area contributed by atoms with E-state index in [1.54, 1.807) is 22.1 Å². The molecule has 0 saturated carbocycles. The highest BCUT2D eigenvalue weighted by atomic mass is 32.2. The van der Waals surface area contributed by atoms with E-state index in [1.807, 2.05) is 11.8 Å². The summed E-state index contributed by atoms with van der Waals surface area (Å²) in [7, 11) is -3.44. The number of aromatic nitrogens is 2. The van der Waals surface area contributed by atoms with Gasteiger partial charge < -0.3 is 4.90 Å². The fourth-order valence-electron chi connectivity index (χ4n) is 3.84. The van der Waals surface area contributed by atoms with E-state index < -0.39 is 10.0 Å². The molecule has 0 radical (unpaired) electrons. The number of carbonyl (C=O) groups excluding carboxylic acids is 1.